The van der Waals surface area contributed by atoms with Gasteiger partial charge in [0.05, 0.1) is 18.2 Å². The molecule has 1 N–H and O–H groups in total. The summed E-state index contributed by atoms with van der Waals surface area (Å²) in [5, 5.41) is 2.77. The Bertz CT molecular complexity index is 822. The number of carbonyl (C=O) groups excluding carboxylic acids is 2. The van der Waals surface area contributed by atoms with Crippen LogP contribution in [0.3, 0.4) is 0 Å². The number of esters is 1. The maximum Gasteiger partial charge on any atom is 0.348 e. The number of hydrogen-bond acceptors (Lipinski definition) is 6. The summed E-state index contributed by atoms with van der Waals surface area (Å²) in [5.74, 6) is -0.0770. The summed E-state index contributed by atoms with van der Waals surface area (Å²) in [6, 6.07) is 10.3. The van der Waals surface area contributed by atoms with Gasteiger partial charge in [-0.15, -0.1) is 11.3 Å². The molecule has 0 saturated carbocycles. The van der Waals surface area contributed by atoms with Crippen LogP contribution < -0.4 is 5.32 Å². The fourth-order valence-corrected chi connectivity index (χ4v) is 2.76. The Morgan fingerprint density at radius 1 is 1.13 bits per heavy atom. The number of anilines is 1. The fourth-order valence-electron chi connectivity index (χ4n) is 1.94. The third kappa shape index (κ3) is 3.29. The van der Waals surface area contributed by atoms with Crippen LogP contribution in [-0.2, 0) is 4.74 Å². The van der Waals surface area contributed by atoms with E-state index in [1.54, 1.807) is 30.5 Å². The number of hydrogen-bond donors (Lipinski definition) is 1. The van der Waals surface area contributed by atoms with Crippen molar-refractivity contribution in [2.75, 3.05) is 12.4 Å². The predicted molar refractivity (Wildman–Crippen MR) is 85.6 cm³/mol. The van der Waals surface area contributed by atoms with E-state index in [9.17, 15) is 9.59 Å². The van der Waals surface area contributed by atoms with Crippen molar-refractivity contribution in [1.82, 2.24) is 4.98 Å². The SMILES string of the molecule is COC(=O)c1ccc(C(=O)Nc2ccc(-c3cnco3)cc2)s1. The molecule has 0 aliphatic rings. The highest BCUT2D eigenvalue weighted by molar-refractivity contribution is 7.16. The van der Waals surface area contributed by atoms with E-state index in [1.807, 2.05) is 12.1 Å². The number of oxazole rings is 1. The van der Waals surface area contributed by atoms with Gasteiger partial charge in [-0.3, -0.25) is 4.79 Å². The van der Waals surface area contributed by atoms with E-state index in [-0.39, 0.29) is 5.91 Å². The number of aromatic nitrogens is 1. The van der Waals surface area contributed by atoms with Gasteiger partial charge in [-0.2, -0.15) is 0 Å². The number of benzene rings is 1. The monoisotopic (exact) mass is 328 g/mol. The number of rotatable bonds is 4. The van der Waals surface area contributed by atoms with E-state index in [0.717, 1.165) is 16.9 Å². The topological polar surface area (TPSA) is 81.4 Å². The summed E-state index contributed by atoms with van der Waals surface area (Å²) in [4.78, 5) is 28.3. The molecule has 7 heteroatoms. The van der Waals surface area contributed by atoms with Crippen molar-refractivity contribution in [2.45, 2.75) is 0 Å². The first kappa shape index (κ1) is 15.0. The Hall–Kier alpha value is -2.93. The molecule has 0 unspecified atom stereocenters. The van der Waals surface area contributed by atoms with Crippen molar-refractivity contribution < 1.29 is 18.7 Å². The summed E-state index contributed by atoms with van der Waals surface area (Å²) in [7, 11) is 1.30. The Morgan fingerprint density at radius 2 is 1.87 bits per heavy atom. The summed E-state index contributed by atoms with van der Waals surface area (Å²) >= 11 is 1.08. The third-order valence-electron chi connectivity index (χ3n) is 3.08. The summed E-state index contributed by atoms with van der Waals surface area (Å²) in [5.41, 5.74) is 1.51. The third-order valence-corrected chi connectivity index (χ3v) is 4.14. The molecule has 0 saturated heterocycles. The summed E-state index contributed by atoms with van der Waals surface area (Å²) in [6.07, 6.45) is 2.98. The normalized spacial score (nSPS) is 10.3. The van der Waals surface area contributed by atoms with Crippen LogP contribution in [0.1, 0.15) is 19.3 Å². The Labute approximate surface area is 135 Å². The smallest absolute Gasteiger partial charge is 0.348 e. The molecule has 0 spiro atoms. The number of methoxy groups -OCH3 is 1. The van der Waals surface area contributed by atoms with Crippen LogP contribution in [0, 0.1) is 0 Å². The molecule has 116 valence electrons. The molecule has 3 aromatic rings. The lowest BCUT2D eigenvalue weighted by atomic mass is 10.1. The average Bonchev–Trinajstić information content (AvgIpc) is 3.26. The minimum Gasteiger partial charge on any atom is -0.465 e. The van der Waals surface area contributed by atoms with Crippen molar-refractivity contribution in [2.24, 2.45) is 0 Å². The van der Waals surface area contributed by atoms with Gasteiger partial charge in [0.15, 0.2) is 12.2 Å². The van der Waals surface area contributed by atoms with E-state index >= 15 is 0 Å². The van der Waals surface area contributed by atoms with Crippen molar-refractivity contribution >= 4 is 28.9 Å². The Kier molecular flexibility index (Phi) is 4.20. The van der Waals surface area contributed by atoms with Crippen LogP contribution in [0.4, 0.5) is 5.69 Å². The number of ether oxygens (including phenoxy) is 1. The fraction of sp³-hybridized carbons (Fsp3) is 0.0625. The number of thiophene rings is 1. The zero-order valence-corrected chi connectivity index (χ0v) is 12.9. The van der Waals surface area contributed by atoms with Gasteiger partial charge in [0, 0.05) is 11.3 Å². The molecular weight excluding hydrogens is 316 g/mol. The second-order valence-electron chi connectivity index (χ2n) is 4.55. The van der Waals surface area contributed by atoms with E-state index in [1.165, 1.54) is 13.5 Å². The minimum absolute atomic E-state index is 0.280. The molecule has 2 heterocycles. The molecule has 0 bridgehead atoms. The highest BCUT2D eigenvalue weighted by Crippen LogP contribution is 2.22. The molecule has 6 nitrogen and oxygen atoms in total. The number of carbonyl (C=O) groups is 2. The van der Waals surface area contributed by atoms with E-state index in [4.69, 9.17) is 4.42 Å². The molecule has 2 aromatic heterocycles. The van der Waals surface area contributed by atoms with Gasteiger partial charge in [0.2, 0.25) is 0 Å². The molecule has 0 atom stereocenters. The lowest BCUT2D eigenvalue weighted by Gasteiger charge is -2.04. The molecule has 0 aliphatic heterocycles. The van der Waals surface area contributed by atoms with Crippen molar-refractivity contribution in [3.63, 3.8) is 0 Å². The van der Waals surface area contributed by atoms with Gasteiger partial charge >= 0.3 is 5.97 Å². The van der Waals surface area contributed by atoms with Gasteiger partial charge in [0.1, 0.15) is 4.88 Å². The Morgan fingerprint density at radius 3 is 2.52 bits per heavy atom. The van der Waals surface area contributed by atoms with Crippen LogP contribution in [0.25, 0.3) is 11.3 Å². The molecule has 0 radical (unpaired) electrons. The Balaban J connectivity index is 1.70. The van der Waals surface area contributed by atoms with Crippen LogP contribution in [0.2, 0.25) is 0 Å². The van der Waals surface area contributed by atoms with Crippen LogP contribution >= 0.6 is 11.3 Å². The number of amides is 1. The molecule has 23 heavy (non-hydrogen) atoms. The van der Waals surface area contributed by atoms with Crippen molar-refractivity contribution in [3.8, 4) is 11.3 Å². The van der Waals surface area contributed by atoms with Gasteiger partial charge in [-0.1, -0.05) is 0 Å². The maximum absolute atomic E-state index is 12.2. The predicted octanol–water partition coefficient (Wildman–Crippen LogP) is 3.44. The second kappa shape index (κ2) is 6.45. The zero-order valence-electron chi connectivity index (χ0n) is 12.1. The molecule has 1 aromatic carbocycles. The quantitative estimate of drug-likeness (QED) is 0.742. The molecular formula is C16H12N2O4S. The first-order chi connectivity index (χ1) is 11.2. The first-order valence-electron chi connectivity index (χ1n) is 6.66. The molecule has 0 aliphatic carbocycles. The molecule has 0 fully saturated rings. The highest BCUT2D eigenvalue weighted by Gasteiger charge is 2.14. The van der Waals surface area contributed by atoms with Gasteiger partial charge in [-0.25, -0.2) is 9.78 Å². The van der Waals surface area contributed by atoms with Crippen molar-refractivity contribution in [3.05, 3.63) is 58.7 Å². The van der Waals surface area contributed by atoms with E-state index in [2.05, 4.69) is 15.0 Å². The standard InChI is InChI=1S/C16H12N2O4S/c1-21-16(20)14-7-6-13(23-14)15(19)18-11-4-2-10(3-5-11)12-8-17-9-22-12/h2-9H,1H3,(H,18,19). The zero-order chi connectivity index (χ0) is 16.2. The maximum atomic E-state index is 12.2. The number of nitrogens with one attached hydrogen (secondary N) is 1. The lowest BCUT2D eigenvalue weighted by molar-refractivity contribution is 0.0606. The highest BCUT2D eigenvalue weighted by atomic mass is 32.1. The van der Waals surface area contributed by atoms with Crippen LogP contribution in [0.5, 0.6) is 0 Å². The minimum atomic E-state index is -0.453. The summed E-state index contributed by atoms with van der Waals surface area (Å²) < 4.78 is 9.83. The van der Waals surface area contributed by atoms with Gasteiger partial charge in [-0.05, 0) is 36.4 Å². The molecule has 3 rings (SSSR count). The van der Waals surface area contributed by atoms with E-state index in [0.29, 0.717) is 21.2 Å². The number of nitrogens with zero attached hydrogens (tertiary/aromatic N) is 1. The van der Waals surface area contributed by atoms with Crippen LogP contribution in [0.15, 0.2) is 53.4 Å². The first-order valence-corrected chi connectivity index (χ1v) is 7.47. The van der Waals surface area contributed by atoms with Crippen molar-refractivity contribution in [1.29, 1.82) is 0 Å². The largest absolute Gasteiger partial charge is 0.465 e. The second-order valence-corrected chi connectivity index (χ2v) is 5.64. The van der Waals surface area contributed by atoms with Gasteiger partial charge < -0.3 is 14.5 Å². The summed E-state index contributed by atoms with van der Waals surface area (Å²) in [6.45, 7) is 0. The van der Waals surface area contributed by atoms with E-state index < -0.39 is 5.97 Å². The van der Waals surface area contributed by atoms with Gasteiger partial charge in [0.25, 0.3) is 5.91 Å². The lowest BCUT2D eigenvalue weighted by Crippen LogP contribution is -2.09. The van der Waals surface area contributed by atoms with Crippen LogP contribution in [-0.4, -0.2) is 24.0 Å². The molecule has 1 amide bonds. The average molecular weight is 328 g/mol.